The molecule has 1 aliphatic heterocycles. The average molecular weight is 238 g/mol. The highest BCUT2D eigenvalue weighted by atomic mass is 16.5. The molecule has 1 heterocycles. The summed E-state index contributed by atoms with van der Waals surface area (Å²) in [6.45, 7) is 7.90. The van der Waals surface area contributed by atoms with Gasteiger partial charge in [0.25, 0.3) is 0 Å². The summed E-state index contributed by atoms with van der Waals surface area (Å²) in [5.41, 5.74) is 2.14. The molecule has 1 saturated carbocycles. The highest BCUT2D eigenvalue weighted by molar-refractivity contribution is 5.94. The fraction of sp³-hybridized carbons (Fsp3) is 0.769. The largest absolute Gasteiger partial charge is 0.381 e. The van der Waals surface area contributed by atoms with Crippen LogP contribution in [0.1, 0.15) is 27.2 Å². The van der Waals surface area contributed by atoms with E-state index < -0.39 is 0 Å². The maximum Gasteiger partial charge on any atom is 0.247 e. The first-order valence-corrected chi connectivity index (χ1v) is 6.19. The standard InChI is InChI=1S/C13H22N2O2/c1-8(9-6-14-7-9)12(16)15-10-5-11(17-4)13(10,2)3/h10-11,14H,5-7H2,1-4H3,(H,15,16). The minimum Gasteiger partial charge on any atom is -0.381 e. The highest BCUT2D eigenvalue weighted by Gasteiger charge is 2.49. The second-order valence-corrected chi connectivity index (χ2v) is 5.64. The molecular weight excluding hydrogens is 216 g/mol. The van der Waals surface area contributed by atoms with Crippen LogP contribution in [0.2, 0.25) is 0 Å². The van der Waals surface area contributed by atoms with Crippen molar-refractivity contribution < 1.29 is 9.53 Å². The van der Waals surface area contributed by atoms with Crippen molar-refractivity contribution in [2.24, 2.45) is 5.41 Å². The van der Waals surface area contributed by atoms with Crippen molar-refractivity contribution in [1.82, 2.24) is 10.6 Å². The van der Waals surface area contributed by atoms with Gasteiger partial charge in [0.1, 0.15) is 0 Å². The van der Waals surface area contributed by atoms with Crippen molar-refractivity contribution in [3.05, 3.63) is 11.1 Å². The van der Waals surface area contributed by atoms with E-state index in [1.165, 1.54) is 5.57 Å². The second kappa shape index (κ2) is 4.42. The lowest BCUT2D eigenvalue weighted by Gasteiger charge is -2.51. The predicted octanol–water partition coefficient (Wildman–Crippen LogP) is 0.836. The van der Waals surface area contributed by atoms with Crippen LogP contribution >= 0.6 is 0 Å². The van der Waals surface area contributed by atoms with Gasteiger partial charge in [-0.2, -0.15) is 0 Å². The summed E-state index contributed by atoms with van der Waals surface area (Å²) in [7, 11) is 1.73. The van der Waals surface area contributed by atoms with Crippen molar-refractivity contribution in [3.8, 4) is 0 Å². The van der Waals surface area contributed by atoms with Crippen molar-refractivity contribution >= 4 is 5.91 Å². The molecule has 2 fully saturated rings. The molecule has 2 N–H and O–H groups in total. The lowest BCUT2D eigenvalue weighted by molar-refractivity contribution is -0.129. The molecule has 2 unspecified atom stereocenters. The maximum absolute atomic E-state index is 12.0. The Hall–Kier alpha value is -0.870. The summed E-state index contributed by atoms with van der Waals surface area (Å²) in [6.07, 6.45) is 1.17. The first kappa shape index (κ1) is 12.6. The number of hydrogen-bond donors (Lipinski definition) is 2. The monoisotopic (exact) mass is 238 g/mol. The van der Waals surface area contributed by atoms with Gasteiger partial charge in [-0.1, -0.05) is 13.8 Å². The molecule has 2 aliphatic rings. The topological polar surface area (TPSA) is 50.4 Å². The Morgan fingerprint density at radius 1 is 1.47 bits per heavy atom. The Morgan fingerprint density at radius 2 is 2.12 bits per heavy atom. The van der Waals surface area contributed by atoms with E-state index in [2.05, 4.69) is 24.5 Å². The quantitative estimate of drug-likeness (QED) is 0.716. The molecule has 2 atom stereocenters. The predicted molar refractivity (Wildman–Crippen MR) is 66.7 cm³/mol. The Bertz CT molecular complexity index is 354. The van der Waals surface area contributed by atoms with E-state index in [4.69, 9.17) is 4.74 Å². The molecule has 0 aromatic heterocycles. The van der Waals surface area contributed by atoms with Crippen molar-refractivity contribution in [1.29, 1.82) is 0 Å². The van der Waals surface area contributed by atoms with Gasteiger partial charge in [-0.25, -0.2) is 0 Å². The van der Waals surface area contributed by atoms with Gasteiger partial charge in [0, 0.05) is 37.2 Å². The minimum atomic E-state index is 0.0349. The number of nitrogens with one attached hydrogen (secondary N) is 2. The van der Waals surface area contributed by atoms with Crippen LogP contribution in [0.4, 0.5) is 0 Å². The number of hydrogen-bond acceptors (Lipinski definition) is 3. The molecule has 0 spiro atoms. The molecule has 0 bridgehead atoms. The van der Waals surface area contributed by atoms with E-state index in [1.54, 1.807) is 7.11 Å². The molecule has 0 aromatic carbocycles. The van der Waals surface area contributed by atoms with Crippen LogP contribution in [0.5, 0.6) is 0 Å². The smallest absolute Gasteiger partial charge is 0.247 e. The van der Waals surface area contributed by atoms with Gasteiger partial charge < -0.3 is 15.4 Å². The van der Waals surface area contributed by atoms with E-state index in [0.717, 1.165) is 25.1 Å². The molecule has 0 radical (unpaired) electrons. The Kier molecular flexibility index (Phi) is 3.27. The number of carbonyl (C=O) groups excluding carboxylic acids is 1. The third kappa shape index (κ3) is 2.11. The number of ether oxygens (including phenoxy) is 1. The lowest BCUT2D eigenvalue weighted by Crippen LogP contribution is -2.62. The third-order valence-electron chi connectivity index (χ3n) is 4.32. The number of carbonyl (C=O) groups is 1. The van der Waals surface area contributed by atoms with E-state index in [1.807, 2.05) is 6.92 Å². The fourth-order valence-electron chi connectivity index (χ4n) is 2.47. The minimum absolute atomic E-state index is 0.0349. The number of methoxy groups -OCH3 is 1. The van der Waals surface area contributed by atoms with Crippen LogP contribution in [0.15, 0.2) is 11.1 Å². The molecule has 1 aliphatic carbocycles. The van der Waals surface area contributed by atoms with E-state index in [9.17, 15) is 4.79 Å². The lowest BCUT2D eigenvalue weighted by atomic mass is 9.64. The van der Waals surface area contributed by atoms with Crippen molar-refractivity contribution in [2.75, 3.05) is 20.2 Å². The first-order chi connectivity index (χ1) is 7.96. The summed E-state index contributed by atoms with van der Waals surface area (Å²) in [6, 6.07) is 0.225. The van der Waals surface area contributed by atoms with E-state index >= 15 is 0 Å². The van der Waals surface area contributed by atoms with Gasteiger partial charge in [0.15, 0.2) is 0 Å². The fourth-order valence-corrected chi connectivity index (χ4v) is 2.47. The van der Waals surface area contributed by atoms with Gasteiger partial charge in [-0.15, -0.1) is 0 Å². The Labute approximate surface area is 103 Å². The zero-order chi connectivity index (χ0) is 12.6. The number of rotatable bonds is 3. The maximum atomic E-state index is 12.0. The van der Waals surface area contributed by atoms with Gasteiger partial charge in [-0.05, 0) is 18.9 Å². The zero-order valence-electron chi connectivity index (χ0n) is 11.1. The zero-order valence-corrected chi connectivity index (χ0v) is 11.1. The second-order valence-electron chi connectivity index (χ2n) is 5.64. The molecule has 1 amide bonds. The summed E-state index contributed by atoms with van der Waals surface area (Å²) in [5, 5.41) is 6.27. The molecule has 1 saturated heterocycles. The van der Waals surface area contributed by atoms with Gasteiger partial charge in [-0.3, -0.25) is 4.79 Å². The summed E-state index contributed by atoms with van der Waals surface area (Å²) in [5.74, 6) is 0.0779. The molecular formula is C13H22N2O2. The van der Waals surface area contributed by atoms with Gasteiger partial charge >= 0.3 is 0 Å². The van der Waals surface area contributed by atoms with Crippen molar-refractivity contribution in [2.45, 2.75) is 39.3 Å². The summed E-state index contributed by atoms with van der Waals surface area (Å²) < 4.78 is 5.38. The third-order valence-corrected chi connectivity index (χ3v) is 4.32. The van der Waals surface area contributed by atoms with Crippen LogP contribution < -0.4 is 10.6 Å². The Balaban J connectivity index is 1.93. The van der Waals surface area contributed by atoms with Crippen LogP contribution in [0, 0.1) is 5.41 Å². The summed E-state index contributed by atoms with van der Waals surface area (Å²) >= 11 is 0. The molecule has 4 nitrogen and oxygen atoms in total. The van der Waals surface area contributed by atoms with Gasteiger partial charge in [0.2, 0.25) is 5.91 Å². The summed E-state index contributed by atoms with van der Waals surface area (Å²) in [4.78, 5) is 12.0. The van der Waals surface area contributed by atoms with Gasteiger partial charge in [0.05, 0.1) is 6.10 Å². The molecule has 2 rings (SSSR count). The van der Waals surface area contributed by atoms with Crippen LogP contribution in [-0.4, -0.2) is 38.3 Å². The highest BCUT2D eigenvalue weighted by Crippen LogP contribution is 2.42. The Morgan fingerprint density at radius 3 is 2.53 bits per heavy atom. The van der Waals surface area contributed by atoms with E-state index in [-0.39, 0.29) is 23.5 Å². The average Bonchev–Trinajstić information content (AvgIpc) is 2.20. The van der Waals surface area contributed by atoms with Crippen LogP contribution in [-0.2, 0) is 9.53 Å². The molecule has 4 heteroatoms. The van der Waals surface area contributed by atoms with Crippen LogP contribution in [0.3, 0.4) is 0 Å². The molecule has 0 aromatic rings. The SMILES string of the molecule is COC1CC(NC(=O)C(C)=C2CNC2)C1(C)C. The molecule has 17 heavy (non-hydrogen) atoms. The van der Waals surface area contributed by atoms with E-state index in [0.29, 0.717) is 0 Å². The number of amides is 1. The first-order valence-electron chi connectivity index (χ1n) is 6.19. The molecule has 96 valence electrons. The van der Waals surface area contributed by atoms with Crippen LogP contribution in [0.25, 0.3) is 0 Å². The van der Waals surface area contributed by atoms with Crippen molar-refractivity contribution in [3.63, 3.8) is 0 Å². The normalized spacial score (nSPS) is 30.2.